The predicted octanol–water partition coefficient (Wildman–Crippen LogP) is 0.959. The Morgan fingerprint density at radius 3 is 2.79 bits per heavy atom. The maximum absolute atomic E-state index is 5.69. The fraction of sp³-hybridized carbons (Fsp3) is 0.600. The SMILES string of the molecule is Cc1cc(N(C)CCC(C)N)ncn1. The van der Waals surface area contributed by atoms with Gasteiger partial charge in [-0.1, -0.05) is 0 Å². The van der Waals surface area contributed by atoms with Gasteiger partial charge in [0.1, 0.15) is 12.1 Å². The molecule has 14 heavy (non-hydrogen) atoms. The van der Waals surface area contributed by atoms with Gasteiger partial charge in [-0.05, 0) is 20.3 Å². The van der Waals surface area contributed by atoms with E-state index in [-0.39, 0.29) is 6.04 Å². The summed E-state index contributed by atoms with van der Waals surface area (Å²) in [6.07, 6.45) is 2.56. The lowest BCUT2D eigenvalue weighted by atomic mass is 10.2. The number of aromatic nitrogens is 2. The van der Waals surface area contributed by atoms with Crippen LogP contribution in [0.3, 0.4) is 0 Å². The summed E-state index contributed by atoms with van der Waals surface area (Å²) in [4.78, 5) is 10.3. The van der Waals surface area contributed by atoms with E-state index in [2.05, 4.69) is 14.9 Å². The second-order valence-electron chi connectivity index (χ2n) is 3.71. The molecule has 1 atom stereocenters. The van der Waals surface area contributed by atoms with Crippen LogP contribution in [0.1, 0.15) is 19.0 Å². The van der Waals surface area contributed by atoms with Gasteiger partial charge in [-0.15, -0.1) is 0 Å². The van der Waals surface area contributed by atoms with Crippen LogP contribution in [0, 0.1) is 6.92 Å². The third kappa shape index (κ3) is 3.30. The maximum atomic E-state index is 5.69. The smallest absolute Gasteiger partial charge is 0.131 e. The lowest BCUT2D eigenvalue weighted by Crippen LogP contribution is -2.26. The van der Waals surface area contributed by atoms with Gasteiger partial charge in [-0.2, -0.15) is 0 Å². The highest BCUT2D eigenvalue weighted by Gasteiger charge is 2.03. The first-order valence-electron chi connectivity index (χ1n) is 4.85. The van der Waals surface area contributed by atoms with Gasteiger partial charge in [-0.25, -0.2) is 9.97 Å². The molecule has 0 aliphatic carbocycles. The Morgan fingerprint density at radius 2 is 2.21 bits per heavy atom. The number of hydrogen-bond donors (Lipinski definition) is 1. The largest absolute Gasteiger partial charge is 0.360 e. The number of nitrogens with zero attached hydrogens (tertiary/aromatic N) is 3. The van der Waals surface area contributed by atoms with Crippen LogP contribution in [-0.2, 0) is 0 Å². The zero-order chi connectivity index (χ0) is 10.6. The van der Waals surface area contributed by atoms with Gasteiger partial charge in [0.2, 0.25) is 0 Å². The number of nitrogens with two attached hydrogens (primary N) is 1. The van der Waals surface area contributed by atoms with E-state index in [9.17, 15) is 0 Å². The minimum absolute atomic E-state index is 0.236. The molecule has 78 valence electrons. The Kier molecular flexibility index (Phi) is 3.83. The average Bonchev–Trinajstić information content (AvgIpc) is 2.14. The molecule has 1 rings (SSSR count). The Morgan fingerprint density at radius 1 is 1.50 bits per heavy atom. The van der Waals surface area contributed by atoms with Gasteiger partial charge in [0.25, 0.3) is 0 Å². The fourth-order valence-electron chi connectivity index (χ4n) is 1.16. The van der Waals surface area contributed by atoms with E-state index >= 15 is 0 Å². The van der Waals surface area contributed by atoms with Gasteiger partial charge in [0.15, 0.2) is 0 Å². The molecule has 1 aromatic rings. The van der Waals surface area contributed by atoms with E-state index in [1.807, 2.05) is 27.0 Å². The van der Waals surface area contributed by atoms with Crippen molar-refractivity contribution in [3.8, 4) is 0 Å². The molecule has 1 heterocycles. The van der Waals surface area contributed by atoms with Crippen molar-refractivity contribution in [3.05, 3.63) is 18.1 Å². The van der Waals surface area contributed by atoms with Crippen molar-refractivity contribution in [2.45, 2.75) is 26.3 Å². The van der Waals surface area contributed by atoms with Crippen LogP contribution in [0.4, 0.5) is 5.82 Å². The summed E-state index contributed by atoms with van der Waals surface area (Å²) in [7, 11) is 2.02. The van der Waals surface area contributed by atoms with Crippen LogP contribution in [0.15, 0.2) is 12.4 Å². The first-order chi connectivity index (χ1) is 6.59. The van der Waals surface area contributed by atoms with Crippen molar-refractivity contribution in [2.75, 3.05) is 18.5 Å². The molecule has 0 saturated heterocycles. The van der Waals surface area contributed by atoms with E-state index in [1.54, 1.807) is 6.33 Å². The van der Waals surface area contributed by atoms with Crippen LogP contribution in [0.25, 0.3) is 0 Å². The summed E-state index contributed by atoms with van der Waals surface area (Å²) in [6.45, 7) is 4.90. The van der Waals surface area contributed by atoms with Gasteiger partial charge in [0, 0.05) is 31.4 Å². The molecule has 0 bridgehead atoms. The second-order valence-corrected chi connectivity index (χ2v) is 3.71. The zero-order valence-corrected chi connectivity index (χ0v) is 9.07. The molecule has 4 nitrogen and oxygen atoms in total. The molecule has 0 radical (unpaired) electrons. The number of rotatable bonds is 4. The maximum Gasteiger partial charge on any atom is 0.131 e. The Bertz CT molecular complexity index is 285. The molecule has 0 aromatic carbocycles. The van der Waals surface area contributed by atoms with Crippen LogP contribution >= 0.6 is 0 Å². The van der Waals surface area contributed by atoms with Crippen molar-refractivity contribution in [1.82, 2.24) is 9.97 Å². The second kappa shape index (κ2) is 4.91. The van der Waals surface area contributed by atoms with Gasteiger partial charge in [-0.3, -0.25) is 0 Å². The molecule has 2 N–H and O–H groups in total. The highest BCUT2D eigenvalue weighted by Crippen LogP contribution is 2.08. The third-order valence-corrected chi connectivity index (χ3v) is 2.10. The van der Waals surface area contributed by atoms with E-state index in [4.69, 9.17) is 5.73 Å². The van der Waals surface area contributed by atoms with E-state index in [0.29, 0.717) is 0 Å². The number of aryl methyl sites for hydroxylation is 1. The van der Waals surface area contributed by atoms with Crippen LogP contribution in [0.2, 0.25) is 0 Å². The van der Waals surface area contributed by atoms with Crippen molar-refractivity contribution in [2.24, 2.45) is 5.73 Å². The first kappa shape index (κ1) is 10.9. The van der Waals surface area contributed by atoms with E-state index in [1.165, 1.54) is 0 Å². The van der Waals surface area contributed by atoms with Crippen molar-refractivity contribution < 1.29 is 0 Å². The lowest BCUT2D eigenvalue weighted by Gasteiger charge is -2.19. The third-order valence-electron chi connectivity index (χ3n) is 2.10. The predicted molar refractivity (Wildman–Crippen MR) is 58.3 cm³/mol. The lowest BCUT2D eigenvalue weighted by molar-refractivity contribution is 0.656. The molecule has 0 aliphatic heterocycles. The molecule has 0 fully saturated rings. The summed E-state index contributed by atoms with van der Waals surface area (Å²) < 4.78 is 0. The van der Waals surface area contributed by atoms with Crippen LogP contribution < -0.4 is 10.6 Å². The molecule has 0 aliphatic rings. The van der Waals surface area contributed by atoms with Crippen LogP contribution in [-0.4, -0.2) is 29.6 Å². The van der Waals surface area contributed by atoms with E-state index in [0.717, 1.165) is 24.5 Å². The van der Waals surface area contributed by atoms with Gasteiger partial charge < -0.3 is 10.6 Å². The van der Waals surface area contributed by atoms with Crippen molar-refractivity contribution >= 4 is 5.82 Å². The highest BCUT2D eigenvalue weighted by molar-refractivity contribution is 5.37. The Balaban J connectivity index is 2.56. The summed E-state index contributed by atoms with van der Waals surface area (Å²) in [6, 6.07) is 2.21. The molecule has 0 saturated carbocycles. The molecule has 1 aromatic heterocycles. The molecule has 0 amide bonds. The monoisotopic (exact) mass is 194 g/mol. The summed E-state index contributed by atoms with van der Waals surface area (Å²) in [5.74, 6) is 0.957. The van der Waals surface area contributed by atoms with Crippen molar-refractivity contribution in [1.29, 1.82) is 0 Å². The zero-order valence-electron chi connectivity index (χ0n) is 9.07. The minimum atomic E-state index is 0.236. The first-order valence-corrected chi connectivity index (χ1v) is 4.85. The van der Waals surface area contributed by atoms with E-state index < -0.39 is 0 Å². The molecular formula is C10H18N4. The Labute approximate surface area is 85.2 Å². The molecule has 1 unspecified atom stereocenters. The van der Waals surface area contributed by atoms with Gasteiger partial charge >= 0.3 is 0 Å². The minimum Gasteiger partial charge on any atom is -0.360 e. The Hall–Kier alpha value is -1.16. The van der Waals surface area contributed by atoms with Crippen LogP contribution in [0.5, 0.6) is 0 Å². The number of hydrogen-bond acceptors (Lipinski definition) is 4. The van der Waals surface area contributed by atoms with Crippen molar-refractivity contribution in [3.63, 3.8) is 0 Å². The average molecular weight is 194 g/mol. The summed E-state index contributed by atoms with van der Waals surface area (Å²) >= 11 is 0. The number of anilines is 1. The standard InChI is InChI=1S/C10H18N4/c1-8(11)4-5-14(3)10-6-9(2)12-7-13-10/h6-8H,4-5,11H2,1-3H3. The summed E-state index contributed by atoms with van der Waals surface area (Å²) in [5, 5.41) is 0. The normalized spacial score (nSPS) is 12.6. The topological polar surface area (TPSA) is 55.0 Å². The molecule has 0 spiro atoms. The van der Waals surface area contributed by atoms with Gasteiger partial charge in [0.05, 0.1) is 0 Å². The quantitative estimate of drug-likeness (QED) is 0.775. The highest BCUT2D eigenvalue weighted by atomic mass is 15.2. The fourth-order valence-corrected chi connectivity index (χ4v) is 1.16. The molecular weight excluding hydrogens is 176 g/mol. The molecule has 4 heteroatoms. The summed E-state index contributed by atoms with van der Waals surface area (Å²) in [5.41, 5.74) is 6.68.